The van der Waals surface area contributed by atoms with Gasteiger partial charge in [0.2, 0.25) is 5.91 Å². The molecule has 0 spiro atoms. The summed E-state index contributed by atoms with van der Waals surface area (Å²) in [5.74, 6) is -2.24. The number of nitrogens with one attached hydrogen (secondary N) is 3. The number of anilines is 2. The average molecular weight is 552 g/mol. The van der Waals surface area contributed by atoms with Gasteiger partial charge < -0.3 is 21.1 Å². The second kappa shape index (κ2) is 13.6. The van der Waals surface area contributed by atoms with Crippen LogP contribution in [0.25, 0.3) is 6.08 Å². The summed E-state index contributed by atoms with van der Waals surface area (Å²) in [4.78, 5) is 50.3. The number of carbonyl (C=O) groups excluding carboxylic acids is 3. The molecule has 0 bridgehead atoms. The summed E-state index contributed by atoms with van der Waals surface area (Å²) in [7, 11) is 0. The number of carboxylic acid groups (broad SMARTS) is 1. The van der Waals surface area contributed by atoms with Crippen molar-refractivity contribution < 1.29 is 24.3 Å². The summed E-state index contributed by atoms with van der Waals surface area (Å²) in [5, 5.41) is 17.3. The lowest BCUT2D eigenvalue weighted by Gasteiger charge is -2.12. The van der Waals surface area contributed by atoms with E-state index in [0.29, 0.717) is 16.9 Å². The number of hydrogen-bond acceptors (Lipinski definition) is 5. The quantitative estimate of drug-likeness (QED) is 0.152. The number of carbonyl (C=O) groups is 4. The molecule has 4 aromatic rings. The van der Waals surface area contributed by atoms with Crippen LogP contribution >= 0.6 is 11.8 Å². The first kappa shape index (κ1) is 27.9. The number of hydrogen-bond donors (Lipinski definition) is 4. The zero-order chi connectivity index (χ0) is 28.3. The molecule has 0 aliphatic rings. The Morgan fingerprint density at radius 2 is 1.32 bits per heavy atom. The minimum absolute atomic E-state index is 0.0704. The Morgan fingerprint density at radius 3 is 2.02 bits per heavy atom. The van der Waals surface area contributed by atoms with Crippen molar-refractivity contribution in [2.45, 2.75) is 4.90 Å². The fourth-order valence-electron chi connectivity index (χ4n) is 3.60. The van der Waals surface area contributed by atoms with E-state index < -0.39 is 17.8 Å². The van der Waals surface area contributed by atoms with Crippen molar-refractivity contribution in [1.29, 1.82) is 0 Å². The summed E-state index contributed by atoms with van der Waals surface area (Å²) in [6, 6.07) is 30.8. The zero-order valence-electron chi connectivity index (χ0n) is 21.2. The smallest absolute Gasteiger partial charge is 0.335 e. The highest BCUT2D eigenvalue weighted by molar-refractivity contribution is 8.00. The Balaban J connectivity index is 1.42. The van der Waals surface area contributed by atoms with Crippen molar-refractivity contribution in [3.8, 4) is 0 Å². The Bertz CT molecular complexity index is 1560. The standard InChI is InChI=1S/C31H25N3O5S/c35-28(32-24-14-7-13-23(18-24)31(38)39)20-40-26-16-8-15-25(19-26)33-30(37)27(17-21-9-3-1-4-10-21)34-29(36)22-11-5-2-6-12-22/h1-19H,20H2,(H,32,35)(H,33,37)(H,34,36)(H,38,39)/b27-17-. The highest BCUT2D eigenvalue weighted by Crippen LogP contribution is 2.23. The molecule has 0 aliphatic carbocycles. The maximum absolute atomic E-state index is 13.2. The van der Waals surface area contributed by atoms with Gasteiger partial charge in [0.25, 0.3) is 11.8 Å². The van der Waals surface area contributed by atoms with E-state index in [1.54, 1.807) is 72.8 Å². The van der Waals surface area contributed by atoms with Crippen LogP contribution in [0.1, 0.15) is 26.3 Å². The van der Waals surface area contributed by atoms with Crippen molar-refractivity contribution in [2.24, 2.45) is 0 Å². The minimum Gasteiger partial charge on any atom is -0.478 e. The highest BCUT2D eigenvalue weighted by Gasteiger charge is 2.15. The summed E-state index contributed by atoms with van der Waals surface area (Å²) >= 11 is 1.25. The molecule has 4 aromatic carbocycles. The van der Waals surface area contributed by atoms with E-state index in [9.17, 15) is 19.2 Å². The third kappa shape index (κ3) is 8.17. The van der Waals surface area contributed by atoms with Gasteiger partial charge in [-0.15, -0.1) is 11.8 Å². The molecule has 0 aromatic heterocycles. The van der Waals surface area contributed by atoms with Gasteiger partial charge >= 0.3 is 5.97 Å². The summed E-state index contributed by atoms with van der Waals surface area (Å²) in [5.41, 5.74) is 2.18. The van der Waals surface area contributed by atoms with Gasteiger partial charge in [-0.1, -0.05) is 60.7 Å². The molecule has 3 amide bonds. The van der Waals surface area contributed by atoms with Crippen LogP contribution in [0.5, 0.6) is 0 Å². The molecule has 0 unspecified atom stereocenters. The second-order valence-electron chi connectivity index (χ2n) is 8.49. The van der Waals surface area contributed by atoms with Crippen LogP contribution < -0.4 is 16.0 Å². The molecule has 0 radical (unpaired) electrons. The normalized spacial score (nSPS) is 10.8. The van der Waals surface area contributed by atoms with Crippen LogP contribution in [0.2, 0.25) is 0 Å². The van der Waals surface area contributed by atoms with E-state index in [1.165, 1.54) is 23.9 Å². The van der Waals surface area contributed by atoms with Crippen LogP contribution in [0.3, 0.4) is 0 Å². The number of rotatable bonds is 10. The van der Waals surface area contributed by atoms with E-state index in [4.69, 9.17) is 5.11 Å². The van der Waals surface area contributed by atoms with Crippen LogP contribution in [-0.2, 0) is 9.59 Å². The lowest BCUT2D eigenvalue weighted by Crippen LogP contribution is -2.30. The van der Waals surface area contributed by atoms with Crippen molar-refractivity contribution in [3.05, 3.63) is 132 Å². The van der Waals surface area contributed by atoms with Gasteiger partial charge in [-0.05, 0) is 60.2 Å². The van der Waals surface area contributed by atoms with E-state index in [-0.39, 0.29) is 22.9 Å². The number of amides is 3. The Kier molecular flexibility index (Phi) is 9.47. The van der Waals surface area contributed by atoms with Crippen molar-refractivity contribution in [2.75, 3.05) is 16.4 Å². The third-order valence-electron chi connectivity index (χ3n) is 5.49. The first-order chi connectivity index (χ1) is 19.4. The molecule has 4 rings (SSSR count). The molecule has 40 heavy (non-hydrogen) atoms. The molecule has 0 saturated heterocycles. The van der Waals surface area contributed by atoms with E-state index in [0.717, 1.165) is 10.5 Å². The van der Waals surface area contributed by atoms with Crippen LogP contribution in [0.4, 0.5) is 11.4 Å². The van der Waals surface area contributed by atoms with Gasteiger partial charge in [-0.25, -0.2) is 4.79 Å². The average Bonchev–Trinajstić information content (AvgIpc) is 2.97. The SMILES string of the molecule is O=C(CSc1cccc(NC(=O)/C(=C/c2ccccc2)NC(=O)c2ccccc2)c1)Nc1cccc(C(=O)O)c1. The number of carboxylic acids is 1. The first-order valence-electron chi connectivity index (χ1n) is 12.2. The van der Waals surface area contributed by atoms with Gasteiger partial charge in [0.05, 0.1) is 11.3 Å². The lowest BCUT2D eigenvalue weighted by molar-refractivity contribution is -0.114. The third-order valence-corrected chi connectivity index (χ3v) is 6.49. The minimum atomic E-state index is -1.08. The molecule has 0 saturated carbocycles. The molecule has 0 aliphatic heterocycles. The number of thioether (sulfide) groups is 1. The van der Waals surface area contributed by atoms with Gasteiger partial charge in [-0.3, -0.25) is 14.4 Å². The number of benzene rings is 4. The highest BCUT2D eigenvalue weighted by atomic mass is 32.2. The van der Waals surface area contributed by atoms with Crippen molar-refractivity contribution >= 4 is 52.9 Å². The summed E-state index contributed by atoms with van der Waals surface area (Å²) in [6.07, 6.45) is 1.60. The van der Waals surface area contributed by atoms with Crippen LogP contribution in [-0.4, -0.2) is 34.6 Å². The van der Waals surface area contributed by atoms with Gasteiger partial charge in [0.1, 0.15) is 5.70 Å². The summed E-state index contributed by atoms with van der Waals surface area (Å²) in [6.45, 7) is 0. The van der Waals surface area contributed by atoms with Crippen molar-refractivity contribution in [1.82, 2.24) is 5.32 Å². The summed E-state index contributed by atoms with van der Waals surface area (Å²) < 4.78 is 0. The zero-order valence-corrected chi connectivity index (χ0v) is 22.0. The van der Waals surface area contributed by atoms with Crippen LogP contribution in [0.15, 0.2) is 120 Å². The molecular formula is C31H25N3O5S. The lowest BCUT2D eigenvalue weighted by atomic mass is 10.1. The van der Waals surface area contributed by atoms with E-state index in [1.807, 2.05) is 30.3 Å². The Labute approximate surface area is 235 Å². The largest absolute Gasteiger partial charge is 0.478 e. The fraction of sp³-hybridized carbons (Fsp3) is 0.0323. The molecule has 0 heterocycles. The maximum atomic E-state index is 13.2. The monoisotopic (exact) mass is 551 g/mol. The van der Waals surface area contributed by atoms with Crippen molar-refractivity contribution in [3.63, 3.8) is 0 Å². The fourth-order valence-corrected chi connectivity index (χ4v) is 4.35. The Hall–Kier alpha value is -5.15. The second-order valence-corrected chi connectivity index (χ2v) is 9.54. The molecule has 4 N–H and O–H groups in total. The van der Waals surface area contributed by atoms with E-state index in [2.05, 4.69) is 16.0 Å². The predicted octanol–water partition coefficient (Wildman–Crippen LogP) is 5.53. The van der Waals surface area contributed by atoms with Gasteiger partial charge in [0, 0.05) is 21.8 Å². The molecular weight excluding hydrogens is 526 g/mol. The molecule has 8 nitrogen and oxygen atoms in total. The molecule has 200 valence electrons. The van der Waals surface area contributed by atoms with Gasteiger partial charge in [0.15, 0.2) is 0 Å². The van der Waals surface area contributed by atoms with E-state index >= 15 is 0 Å². The Morgan fingerprint density at radius 1 is 0.700 bits per heavy atom. The topological polar surface area (TPSA) is 125 Å². The molecule has 0 fully saturated rings. The molecule has 0 atom stereocenters. The number of aromatic carboxylic acids is 1. The van der Waals surface area contributed by atoms with Gasteiger partial charge in [-0.2, -0.15) is 0 Å². The maximum Gasteiger partial charge on any atom is 0.335 e. The predicted molar refractivity (Wildman–Crippen MR) is 156 cm³/mol. The molecule has 9 heteroatoms. The van der Waals surface area contributed by atoms with Crippen LogP contribution in [0, 0.1) is 0 Å². The first-order valence-corrected chi connectivity index (χ1v) is 13.2.